The molecule has 3 saturated carbocycles. The normalized spacial score (nSPS) is 51.7. The molecule has 106 valence electrons. The summed E-state index contributed by atoms with van der Waals surface area (Å²) in [4.78, 5) is 10.8. The van der Waals surface area contributed by atoms with Crippen molar-refractivity contribution in [3.63, 3.8) is 0 Å². The number of hydrogen-bond donors (Lipinski definition) is 0. The predicted octanol–water partition coefficient (Wildman–Crippen LogP) is 4.62. The van der Waals surface area contributed by atoms with Crippen molar-refractivity contribution < 1.29 is 4.79 Å². The van der Waals surface area contributed by atoms with Crippen LogP contribution in [0.15, 0.2) is 11.6 Å². The fourth-order valence-electron chi connectivity index (χ4n) is 5.89. The van der Waals surface area contributed by atoms with Crippen LogP contribution in [0.1, 0.15) is 59.3 Å². The summed E-state index contributed by atoms with van der Waals surface area (Å²) in [5.74, 6) is 4.12. The third-order valence-electron chi connectivity index (χ3n) is 6.89. The summed E-state index contributed by atoms with van der Waals surface area (Å²) in [6, 6.07) is 0. The molecule has 0 amide bonds. The quantitative estimate of drug-likeness (QED) is 0.496. The molecule has 0 aliphatic heterocycles. The van der Waals surface area contributed by atoms with Crippen molar-refractivity contribution in [2.24, 2.45) is 35.0 Å². The Morgan fingerprint density at radius 3 is 2.74 bits per heavy atom. The Kier molecular flexibility index (Phi) is 3.35. The van der Waals surface area contributed by atoms with Crippen molar-refractivity contribution in [3.05, 3.63) is 11.6 Å². The molecule has 19 heavy (non-hydrogen) atoms. The summed E-state index contributed by atoms with van der Waals surface area (Å²) in [6.45, 7) is 7.36. The first-order chi connectivity index (χ1) is 9.07. The van der Waals surface area contributed by atoms with Gasteiger partial charge in [-0.2, -0.15) is 0 Å². The van der Waals surface area contributed by atoms with Gasteiger partial charge < -0.3 is 0 Å². The third-order valence-corrected chi connectivity index (χ3v) is 6.89. The third kappa shape index (κ3) is 2.00. The molecule has 6 unspecified atom stereocenters. The summed E-state index contributed by atoms with van der Waals surface area (Å²) in [5.41, 5.74) is 2.06. The van der Waals surface area contributed by atoms with Gasteiger partial charge in [-0.3, -0.25) is 4.79 Å². The number of hydrogen-bond acceptors (Lipinski definition) is 1. The molecule has 6 atom stereocenters. The molecule has 0 aromatic heterocycles. The Balaban J connectivity index is 1.90. The number of rotatable bonds is 1. The Labute approximate surface area is 117 Å². The predicted molar refractivity (Wildman–Crippen MR) is 78.8 cm³/mol. The Morgan fingerprint density at radius 1 is 1.21 bits per heavy atom. The van der Waals surface area contributed by atoms with Gasteiger partial charge in [-0.15, -0.1) is 0 Å². The minimum atomic E-state index is 0.636. The van der Waals surface area contributed by atoms with Gasteiger partial charge in [0.25, 0.3) is 0 Å². The Bertz CT molecular complexity index is 396. The van der Waals surface area contributed by atoms with Crippen molar-refractivity contribution in [1.29, 1.82) is 0 Å². The Morgan fingerprint density at radius 2 is 2.00 bits per heavy atom. The lowest BCUT2D eigenvalue weighted by atomic mass is 9.51. The smallest absolute Gasteiger partial charge is 0.142 e. The number of fused-ring (bicyclic) bond motifs is 3. The van der Waals surface area contributed by atoms with Crippen molar-refractivity contribution in [3.8, 4) is 0 Å². The molecule has 0 aromatic rings. The van der Waals surface area contributed by atoms with Crippen LogP contribution in [0.5, 0.6) is 0 Å². The zero-order chi connectivity index (χ0) is 13.6. The van der Waals surface area contributed by atoms with E-state index >= 15 is 0 Å². The SMILES string of the molecule is CC1C/C(=C/C=O)C(C)C2CCC3(C)CCCC3C12. The average Bonchev–Trinajstić information content (AvgIpc) is 2.76. The Hall–Kier alpha value is -0.590. The van der Waals surface area contributed by atoms with Gasteiger partial charge in [-0.05, 0) is 73.2 Å². The molecular weight excluding hydrogens is 232 g/mol. The second-order valence-corrected chi connectivity index (χ2v) is 7.78. The van der Waals surface area contributed by atoms with Crippen molar-refractivity contribution in [1.82, 2.24) is 0 Å². The van der Waals surface area contributed by atoms with E-state index in [1.807, 2.05) is 6.08 Å². The van der Waals surface area contributed by atoms with Crippen LogP contribution in [0.4, 0.5) is 0 Å². The van der Waals surface area contributed by atoms with Crippen LogP contribution in [-0.2, 0) is 4.79 Å². The highest BCUT2D eigenvalue weighted by atomic mass is 16.1. The summed E-state index contributed by atoms with van der Waals surface area (Å²) in [6.07, 6.45) is 11.2. The highest BCUT2D eigenvalue weighted by Crippen LogP contribution is 2.61. The summed E-state index contributed by atoms with van der Waals surface area (Å²) in [5, 5.41) is 0. The van der Waals surface area contributed by atoms with E-state index in [-0.39, 0.29) is 0 Å². The lowest BCUT2D eigenvalue weighted by Crippen LogP contribution is -2.46. The number of carbonyl (C=O) groups excluding carboxylic acids is 1. The molecule has 0 saturated heterocycles. The van der Waals surface area contributed by atoms with Crippen LogP contribution in [0.25, 0.3) is 0 Å². The average molecular weight is 260 g/mol. The first-order valence-corrected chi connectivity index (χ1v) is 8.21. The molecule has 3 aliphatic carbocycles. The lowest BCUT2D eigenvalue weighted by Gasteiger charge is -2.54. The van der Waals surface area contributed by atoms with E-state index in [1.54, 1.807) is 0 Å². The molecule has 3 fully saturated rings. The van der Waals surface area contributed by atoms with Gasteiger partial charge in [0, 0.05) is 0 Å². The van der Waals surface area contributed by atoms with E-state index in [0.717, 1.165) is 36.4 Å². The summed E-state index contributed by atoms with van der Waals surface area (Å²) in [7, 11) is 0. The first kappa shape index (κ1) is 13.4. The minimum absolute atomic E-state index is 0.636. The van der Waals surface area contributed by atoms with E-state index in [1.165, 1.54) is 37.7 Å². The molecule has 0 aromatic carbocycles. The van der Waals surface area contributed by atoms with E-state index in [0.29, 0.717) is 11.3 Å². The summed E-state index contributed by atoms with van der Waals surface area (Å²) < 4.78 is 0. The molecule has 1 heteroatoms. The fourth-order valence-corrected chi connectivity index (χ4v) is 5.89. The molecule has 3 aliphatic rings. The van der Waals surface area contributed by atoms with Gasteiger partial charge in [-0.25, -0.2) is 0 Å². The molecule has 0 bridgehead atoms. The maximum atomic E-state index is 10.8. The lowest BCUT2D eigenvalue weighted by molar-refractivity contribution is -0.104. The van der Waals surface area contributed by atoms with Crippen molar-refractivity contribution >= 4 is 6.29 Å². The van der Waals surface area contributed by atoms with Gasteiger partial charge >= 0.3 is 0 Å². The monoisotopic (exact) mass is 260 g/mol. The van der Waals surface area contributed by atoms with E-state index < -0.39 is 0 Å². The van der Waals surface area contributed by atoms with Crippen molar-refractivity contribution in [2.45, 2.75) is 59.3 Å². The van der Waals surface area contributed by atoms with Crippen LogP contribution >= 0.6 is 0 Å². The van der Waals surface area contributed by atoms with E-state index in [2.05, 4.69) is 20.8 Å². The largest absolute Gasteiger partial charge is 0.299 e. The summed E-state index contributed by atoms with van der Waals surface area (Å²) >= 11 is 0. The number of aldehydes is 1. The topological polar surface area (TPSA) is 17.1 Å². The minimum Gasteiger partial charge on any atom is -0.299 e. The maximum absolute atomic E-state index is 10.8. The molecular formula is C18H28O. The standard InChI is InChI=1S/C18H28O/c1-12-11-14(7-10-19)13(2)15-6-9-18(3)8-4-5-16(18)17(12)15/h7,10,12-13,15-17H,4-6,8-9,11H2,1-3H3/b14-7-. The van der Waals surface area contributed by atoms with Gasteiger partial charge in [-0.1, -0.05) is 32.8 Å². The highest BCUT2D eigenvalue weighted by molar-refractivity contribution is 5.66. The molecule has 0 spiro atoms. The molecule has 0 N–H and O–H groups in total. The van der Waals surface area contributed by atoms with Gasteiger partial charge in [0.15, 0.2) is 0 Å². The molecule has 0 radical (unpaired) electrons. The van der Waals surface area contributed by atoms with E-state index in [4.69, 9.17) is 0 Å². The first-order valence-electron chi connectivity index (χ1n) is 8.21. The van der Waals surface area contributed by atoms with Gasteiger partial charge in [0.1, 0.15) is 6.29 Å². The maximum Gasteiger partial charge on any atom is 0.142 e. The number of allylic oxidation sites excluding steroid dienone is 2. The van der Waals surface area contributed by atoms with Crippen LogP contribution in [0, 0.1) is 35.0 Å². The van der Waals surface area contributed by atoms with E-state index in [9.17, 15) is 4.79 Å². The molecule has 3 rings (SSSR count). The molecule has 0 heterocycles. The van der Waals surface area contributed by atoms with Gasteiger partial charge in [0.05, 0.1) is 0 Å². The molecule has 1 nitrogen and oxygen atoms in total. The second kappa shape index (κ2) is 4.75. The van der Waals surface area contributed by atoms with Crippen LogP contribution in [-0.4, -0.2) is 6.29 Å². The second-order valence-electron chi connectivity index (χ2n) is 7.78. The fraction of sp³-hybridized carbons (Fsp3) is 0.833. The zero-order valence-electron chi connectivity index (χ0n) is 12.7. The van der Waals surface area contributed by atoms with Crippen molar-refractivity contribution in [2.75, 3.05) is 0 Å². The van der Waals surface area contributed by atoms with Crippen LogP contribution in [0.2, 0.25) is 0 Å². The highest BCUT2D eigenvalue weighted by Gasteiger charge is 2.53. The number of carbonyl (C=O) groups is 1. The van der Waals surface area contributed by atoms with Gasteiger partial charge in [0.2, 0.25) is 0 Å². The zero-order valence-corrected chi connectivity index (χ0v) is 12.7. The van der Waals surface area contributed by atoms with Crippen LogP contribution in [0.3, 0.4) is 0 Å². The van der Waals surface area contributed by atoms with Crippen LogP contribution < -0.4 is 0 Å².